The lowest BCUT2D eigenvalue weighted by Gasteiger charge is -2.11. The first-order chi connectivity index (χ1) is 13.4. The fraction of sp³-hybridized carbons (Fsp3) is 0.400. The Balaban J connectivity index is 1.56. The van der Waals surface area contributed by atoms with Crippen LogP contribution in [0.4, 0.5) is 0 Å². The molecule has 2 heterocycles. The van der Waals surface area contributed by atoms with E-state index in [0.29, 0.717) is 26.0 Å². The molecule has 0 radical (unpaired) electrons. The summed E-state index contributed by atoms with van der Waals surface area (Å²) in [5.41, 5.74) is 3.55. The van der Waals surface area contributed by atoms with E-state index in [9.17, 15) is 8.42 Å². The van der Waals surface area contributed by atoms with Crippen molar-refractivity contribution in [1.82, 2.24) is 19.3 Å². The summed E-state index contributed by atoms with van der Waals surface area (Å²) in [7, 11) is -3.54. The van der Waals surface area contributed by atoms with Crippen LogP contribution in [-0.4, -0.2) is 36.2 Å². The van der Waals surface area contributed by atoms with Crippen molar-refractivity contribution >= 4 is 15.7 Å². The average molecular weight is 403 g/mol. The van der Waals surface area contributed by atoms with Crippen LogP contribution in [0.25, 0.3) is 5.65 Å². The molecule has 3 aromatic rings. The van der Waals surface area contributed by atoms with E-state index in [0.717, 1.165) is 34.6 Å². The summed E-state index contributed by atoms with van der Waals surface area (Å²) in [5.74, 6) is 0.720. The van der Waals surface area contributed by atoms with E-state index in [-0.39, 0.29) is 4.90 Å². The van der Waals surface area contributed by atoms with Gasteiger partial charge in [-0.25, -0.2) is 22.6 Å². The van der Waals surface area contributed by atoms with Crippen molar-refractivity contribution in [3.63, 3.8) is 0 Å². The molecule has 0 saturated heterocycles. The van der Waals surface area contributed by atoms with E-state index in [2.05, 4.69) is 14.8 Å². The number of rotatable bonds is 9. The monoisotopic (exact) mass is 402 g/mol. The van der Waals surface area contributed by atoms with Crippen molar-refractivity contribution < 1.29 is 13.2 Å². The molecule has 0 saturated carbocycles. The predicted octanol–water partition coefficient (Wildman–Crippen LogP) is 3.05. The Morgan fingerprint density at radius 2 is 2.04 bits per heavy atom. The van der Waals surface area contributed by atoms with Gasteiger partial charge in [-0.2, -0.15) is 5.10 Å². The normalized spacial score (nSPS) is 11.8. The SMILES string of the molecule is CCCOc1ccc(S(=O)(=O)NCCCc2cnc3cc(C)nn3c2)cc1C. The molecule has 1 N–H and O–H groups in total. The number of hydrogen-bond acceptors (Lipinski definition) is 5. The molecule has 0 atom stereocenters. The fourth-order valence-electron chi connectivity index (χ4n) is 2.91. The molecule has 0 aliphatic rings. The molecular weight excluding hydrogens is 376 g/mol. The fourth-order valence-corrected chi connectivity index (χ4v) is 4.07. The summed E-state index contributed by atoms with van der Waals surface area (Å²) in [5, 5.41) is 4.35. The first-order valence-corrected chi connectivity index (χ1v) is 10.9. The smallest absolute Gasteiger partial charge is 0.240 e. The molecule has 7 nitrogen and oxygen atoms in total. The number of benzene rings is 1. The minimum absolute atomic E-state index is 0.254. The van der Waals surface area contributed by atoms with Gasteiger partial charge in [0.05, 0.1) is 17.2 Å². The molecule has 0 aliphatic carbocycles. The molecule has 8 heteroatoms. The third kappa shape index (κ3) is 4.88. The lowest BCUT2D eigenvalue weighted by molar-refractivity contribution is 0.315. The molecule has 0 amide bonds. The highest BCUT2D eigenvalue weighted by atomic mass is 32.2. The Kier molecular flexibility index (Phi) is 6.31. The molecule has 1 aromatic carbocycles. The van der Waals surface area contributed by atoms with E-state index >= 15 is 0 Å². The van der Waals surface area contributed by atoms with Crippen LogP contribution in [0.2, 0.25) is 0 Å². The first-order valence-electron chi connectivity index (χ1n) is 9.43. The number of sulfonamides is 1. The van der Waals surface area contributed by atoms with Crippen LogP contribution in [0.15, 0.2) is 41.6 Å². The second-order valence-electron chi connectivity index (χ2n) is 6.83. The van der Waals surface area contributed by atoms with Crippen molar-refractivity contribution in [2.75, 3.05) is 13.2 Å². The summed E-state index contributed by atoms with van der Waals surface area (Å²) in [6.45, 7) is 6.77. The Morgan fingerprint density at radius 1 is 1.21 bits per heavy atom. The van der Waals surface area contributed by atoms with E-state index in [1.165, 1.54) is 0 Å². The topological polar surface area (TPSA) is 85.6 Å². The predicted molar refractivity (Wildman–Crippen MR) is 108 cm³/mol. The van der Waals surface area contributed by atoms with Crippen molar-refractivity contribution in [3.05, 3.63) is 53.5 Å². The van der Waals surface area contributed by atoms with Gasteiger partial charge in [-0.15, -0.1) is 0 Å². The van der Waals surface area contributed by atoms with Crippen molar-refractivity contribution in [2.45, 2.75) is 44.9 Å². The van der Waals surface area contributed by atoms with Crippen LogP contribution < -0.4 is 9.46 Å². The molecular formula is C20H26N4O3S. The molecule has 2 aromatic heterocycles. The zero-order chi connectivity index (χ0) is 20.1. The Hall–Kier alpha value is -2.45. The number of nitrogens with zero attached hydrogens (tertiary/aromatic N) is 3. The highest BCUT2D eigenvalue weighted by Crippen LogP contribution is 2.22. The summed E-state index contributed by atoms with van der Waals surface area (Å²) in [6.07, 6.45) is 6.03. The molecule has 28 heavy (non-hydrogen) atoms. The molecule has 150 valence electrons. The van der Waals surface area contributed by atoms with E-state index in [4.69, 9.17) is 4.74 Å². The van der Waals surface area contributed by atoms with Gasteiger partial charge in [0, 0.05) is 25.0 Å². The molecule has 0 fully saturated rings. The summed E-state index contributed by atoms with van der Waals surface area (Å²) in [4.78, 5) is 4.62. The molecule has 3 rings (SSSR count). The van der Waals surface area contributed by atoms with Crippen LogP contribution in [0.3, 0.4) is 0 Å². The van der Waals surface area contributed by atoms with Crippen LogP contribution in [0, 0.1) is 13.8 Å². The third-order valence-electron chi connectivity index (χ3n) is 4.34. The second kappa shape index (κ2) is 8.70. The maximum atomic E-state index is 12.5. The van der Waals surface area contributed by atoms with Gasteiger partial charge >= 0.3 is 0 Å². The number of nitrogens with one attached hydrogen (secondary N) is 1. The summed E-state index contributed by atoms with van der Waals surface area (Å²) >= 11 is 0. The number of aryl methyl sites for hydroxylation is 3. The molecule has 0 spiro atoms. The van der Waals surface area contributed by atoms with Gasteiger partial charge in [-0.1, -0.05) is 6.92 Å². The van der Waals surface area contributed by atoms with E-state index in [1.807, 2.05) is 39.2 Å². The third-order valence-corrected chi connectivity index (χ3v) is 5.80. The Morgan fingerprint density at radius 3 is 2.79 bits per heavy atom. The van der Waals surface area contributed by atoms with E-state index < -0.39 is 10.0 Å². The highest BCUT2D eigenvalue weighted by Gasteiger charge is 2.15. The number of aromatic nitrogens is 3. The van der Waals surface area contributed by atoms with E-state index in [1.54, 1.807) is 22.7 Å². The first kappa shape index (κ1) is 20.3. The molecule has 0 aliphatic heterocycles. The van der Waals surface area contributed by atoms with Crippen LogP contribution in [0.5, 0.6) is 5.75 Å². The highest BCUT2D eigenvalue weighted by molar-refractivity contribution is 7.89. The standard InChI is InChI=1S/C20H26N4O3S/c1-4-10-27-19-8-7-18(11-15(19)2)28(25,26)22-9-5-6-17-13-21-20-12-16(3)23-24(20)14-17/h7-8,11-14,22H,4-6,9-10H2,1-3H3. The number of hydrogen-bond donors (Lipinski definition) is 1. The minimum atomic E-state index is -3.54. The number of ether oxygens (including phenoxy) is 1. The second-order valence-corrected chi connectivity index (χ2v) is 8.59. The number of fused-ring (bicyclic) bond motifs is 1. The molecule has 0 bridgehead atoms. The Bertz CT molecular complexity index is 1060. The van der Waals surface area contributed by atoms with Crippen LogP contribution in [0.1, 0.15) is 36.6 Å². The van der Waals surface area contributed by atoms with Gasteiger partial charge in [-0.3, -0.25) is 0 Å². The van der Waals surface area contributed by atoms with Crippen molar-refractivity contribution in [1.29, 1.82) is 0 Å². The maximum absolute atomic E-state index is 12.5. The van der Waals surface area contributed by atoms with Crippen molar-refractivity contribution in [2.24, 2.45) is 0 Å². The van der Waals surface area contributed by atoms with Crippen molar-refractivity contribution in [3.8, 4) is 5.75 Å². The summed E-state index contributed by atoms with van der Waals surface area (Å²) < 4.78 is 35.1. The molecule has 0 unspecified atom stereocenters. The Labute approximate surface area is 165 Å². The lowest BCUT2D eigenvalue weighted by atomic mass is 10.2. The van der Waals surface area contributed by atoms with Crippen LogP contribution >= 0.6 is 0 Å². The van der Waals surface area contributed by atoms with Gasteiger partial charge in [0.25, 0.3) is 0 Å². The van der Waals surface area contributed by atoms with Gasteiger partial charge < -0.3 is 4.74 Å². The van der Waals surface area contributed by atoms with Gasteiger partial charge in [0.1, 0.15) is 5.75 Å². The van der Waals surface area contributed by atoms with Gasteiger partial charge in [0.15, 0.2) is 5.65 Å². The zero-order valence-electron chi connectivity index (χ0n) is 16.5. The van der Waals surface area contributed by atoms with Gasteiger partial charge in [0.2, 0.25) is 10.0 Å². The largest absolute Gasteiger partial charge is 0.493 e. The minimum Gasteiger partial charge on any atom is -0.493 e. The maximum Gasteiger partial charge on any atom is 0.240 e. The lowest BCUT2D eigenvalue weighted by Crippen LogP contribution is -2.25. The van der Waals surface area contributed by atoms with Crippen LogP contribution in [-0.2, 0) is 16.4 Å². The quantitative estimate of drug-likeness (QED) is 0.556. The van der Waals surface area contributed by atoms with Gasteiger partial charge in [-0.05, 0) is 62.4 Å². The zero-order valence-corrected chi connectivity index (χ0v) is 17.3. The summed E-state index contributed by atoms with van der Waals surface area (Å²) in [6, 6.07) is 6.86. The average Bonchev–Trinajstić information content (AvgIpc) is 3.03.